The zero-order valence-corrected chi connectivity index (χ0v) is 10.6. The van der Waals surface area contributed by atoms with Gasteiger partial charge in [0.1, 0.15) is 0 Å². The van der Waals surface area contributed by atoms with E-state index in [-0.39, 0.29) is 0 Å². The number of rotatable bonds is 8. The van der Waals surface area contributed by atoms with Crippen molar-refractivity contribution in [1.82, 2.24) is 0 Å². The van der Waals surface area contributed by atoms with E-state index in [0.717, 1.165) is 19.8 Å². The van der Waals surface area contributed by atoms with Crippen LogP contribution in [0.25, 0.3) is 0 Å². The Bertz CT molecular complexity index is 113. The summed E-state index contributed by atoms with van der Waals surface area (Å²) >= 11 is 0. The molecule has 0 rings (SSSR count). The third kappa shape index (κ3) is 6.42. The first-order valence-electron chi connectivity index (χ1n) is 5.25. The molecule has 0 heterocycles. The summed E-state index contributed by atoms with van der Waals surface area (Å²) in [5.41, 5.74) is 0. The first kappa shape index (κ1) is 13.4. The molecule has 0 saturated heterocycles. The van der Waals surface area contributed by atoms with Crippen molar-refractivity contribution in [2.45, 2.75) is 13.8 Å². The Hall–Kier alpha value is 0.350. The summed E-state index contributed by atoms with van der Waals surface area (Å²) < 4.78 is 10.4. The summed E-state index contributed by atoms with van der Waals surface area (Å²) in [4.78, 5) is 0. The van der Waals surface area contributed by atoms with Gasteiger partial charge in [0.2, 0.25) is 0 Å². The number of methoxy groups -OCH3 is 1. The van der Waals surface area contributed by atoms with E-state index in [4.69, 9.17) is 9.47 Å². The van der Waals surface area contributed by atoms with E-state index in [1.54, 1.807) is 7.11 Å². The molecule has 0 saturated carbocycles. The maximum atomic E-state index is 5.48. The van der Waals surface area contributed by atoms with Crippen LogP contribution in [-0.4, -0.2) is 52.1 Å². The predicted octanol–water partition coefficient (Wildman–Crippen LogP) is 2.07. The number of hydrogen-bond acceptors (Lipinski definition) is 2. The normalized spacial score (nSPS) is 13.2. The summed E-state index contributed by atoms with van der Waals surface area (Å²) in [6.45, 7) is 9.47. The Labute approximate surface area is 83.3 Å². The molecule has 0 aliphatic rings. The monoisotopic (exact) mass is 208 g/mol. The second-order valence-corrected chi connectivity index (χ2v) is 9.41. The van der Waals surface area contributed by atoms with Gasteiger partial charge in [-0.1, -0.05) is 0 Å². The van der Waals surface area contributed by atoms with Crippen LogP contribution in [0.5, 0.6) is 0 Å². The molecule has 82 valence electrons. The molecule has 3 heteroatoms. The van der Waals surface area contributed by atoms with Crippen LogP contribution < -0.4 is 0 Å². The predicted molar refractivity (Wildman–Crippen MR) is 62.9 cm³/mol. The van der Waals surface area contributed by atoms with Gasteiger partial charge in [0.15, 0.2) is 0 Å². The molecule has 2 nitrogen and oxygen atoms in total. The molecule has 0 aromatic carbocycles. The molecule has 0 aliphatic heterocycles. The molecule has 0 fully saturated rings. The fraction of sp³-hybridized carbons (Fsp3) is 1.00. The van der Waals surface area contributed by atoms with Gasteiger partial charge in [0, 0.05) is 0 Å². The molecule has 0 radical (unpaired) electrons. The minimum absolute atomic E-state index is 0.719. The van der Waals surface area contributed by atoms with E-state index in [2.05, 4.69) is 20.5 Å². The Kier molecular flexibility index (Phi) is 7.93. The first-order chi connectivity index (χ1) is 6.18. The van der Waals surface area contributed by atoms with Crippen molar-refractivity contribution in [3.63, 3.8) is 0 Å². The molecule has 0 bridgehead atoms. The summed E-state index contributed by atoms with van der Waals surface area (Å²) in [6, 6.07) is 0. The minimum atomic E-state index is -0.923. The third-order valence-corrected chi connectivity index (χ3v) is 7.81. The standard InChI is InChI=1S/C10H25O2P/c1-5-13(4,6-2)10-9-12-8-7-11-3/h13H,5-10H2,1-4H3. The van der Waals surface area contributed by atoms with Crippen molar-refractivity contribution in [1.29, 1.82) is 0 Å². The number of ether oxygens (including phenoxy) is 2. The fourth-order valence-corrected chi connectivity index (χ4v) is 3.01. The van der Waals surface area contributed by atoms with Crippen LogP contribution in [-0.2, 0) is 9.47 Å². The third-order valence-electron chi connectivity index (χ3n) is 2.99. The molecule has 0 aromatic rings. The molecule has 0 aromatic heterocycles. The zero-order chi connectivity index (χ0) is 10.2. The molecule has 0 N–H and O–H groups in total. The van der Waals surface area contributed by atoms with Crippen molar-refractivity contribution < 1.29 is 9.47 Å². The van der Waals surface area contributed by atoms with Gasteiger partial charge < -0.3 is 0 Å². The second kappa shape index (κ2) is 7.73. The second-order valence-electron chi connectivity index (χ2n) is 3.87. The van der Waals surface area contributed by atoms with Crippen molar-refractivity contribution >= 4 is 7.26 Å². The fourth-order valence-electron chi connectivity index (χ4n) is 1.17. The molecule has 0 spiro atoms. The van der Waals surface area contributed by atoms with Gasteiger partial charge in [0.05, 0.1) is 0 Å². The van der Waals surface area contributed by atoms with E-state index in [0.29, 0.717) is 0 Å². The van der Waals surface area contributed by atoms with Crippen molar-refractivity contribution in [2.75, 3.05) is 52.1 Å². The van der Waals surface area contributed by atoms with Crippen LogP contribution in [0, 0.1) is 0 Å². The van der Waals surface area contributed by atoms with Gasteiger partial charge in [-0.3, -0.25) is 0 Å². The van der Waals surface area contributed by atoms with Crippen molar-refractivity contribution in [2.24, 2.45) is 0 Å². The molecular formula is C10H25O2P. The molecule has 0 aliphatic carbocycles. The summed E-state index contributed by atoms with van der Waals surface area (Å²) in [6.07, 6.45) is 4.04. The average Bonchev–Trinajstić information content (AvgIpc) is 2.17. The van der Waals surface area contributed by atoms with E-state index in [1.165, 1.54) is 18.5 Å². The zero-order valence-electron chi connectivity index (χ0n) is 9.56. The van der Waals surface area contributed by atoms with Crippen LogP contribution in [0.1, 0.15) is 13.8 Å². The SMILES string of the molecule is CC[PH](C)(CC)CCOCCOC. The quantitative estimate of drug-likeness (QED) is 0.449. The molecule has 0 amide bonds. The van der Waals surface area contributed by atoms with Gasteiger partial charge in [-0.2, -0.15) is 0 Å². The van der Waals surface area contributed by atoms with E-state index >= 15 is 0 Å². The Morgan fingerprint density at radius 3 is 2.08 bits per heavy atom. The van der Waals surface area contributed by atoms with E-state index in [9.17, 15) is 0 Å². The van der Waals surface area contributed by atoms with Gasteiger partial charge in [-0.05, 0) is 0 Å². The van der Waals surface area contributed by atoms with Crippen molar-refractivity contribution in [3.8, 4) is 0 Å². The molecule has 0 unspecified atom stereocenters. The van der Waals surface area contributed by atoms with Crippen LogP contribution in [0.2, 0.25) is 0 Å². The molecule has 13 heavy (non-hydrogen) atoms. The van der Waals surface area contributed by atoms with Gasteiger partial charge in [-0.15, -0.1) is 0 Å². The summed E-state index contributed by atoms with van der Waals surface area (Å²) in [7, 11) is 0.785. The topological polar surface area (TPSA) is 18.5 Å². The van der Waals surface area contributed by atoms with Gasteiger partial charge in [-0.25, -0.2) is 0 Å². The van der Waals surface area contributed by atoms with Crippen LogP contribution in [0.3, 0.4) is 0 Å². The first-order valence-corrected chi connectivity index (χ1v) is 8.37. The van der Waals surface area contributed by atoms with E-state index < -0.39 is 7.26 Å². The summed E-state index contributed by atoms with van der Waals surface area (Å²) in [5, 5.41) is 0. The van der Waals surface area contributed by atoms with Gasteiger partial charge >= 0.3 is 82.7 Å². The van der Waals surface area contributed by atoms with Crippen LogP contribution >= 0.6 is 7.26 Å². The number of hydrogen-bond donors (Lipinski definition) is 0. The maximum absolute atomic E-state index is 5.48. The van der Waals surface area contributed by atoms with Crippen LogP contribution in [0.15, 0.2) is 0 Å². The van der Waals surface area contributed by atoms with Crippen LogP contribution in [0.4, 0.5) is 0 Å². The molecule has 0 atom stereocenters. The Morgan fingerprint density at radius 1 is 1.00 bits per heavy atom. The van der Waals surface area contributed by atoms with Crippen molar-refractivity contribution in [3.05, 3.63) is 0 Å². The van der Waals surface area contributed by atoms with Gasteiger partial charge in [0.25, 0.3) is 0 Å². The Balaban J connectivity index is 3.39. The Morgan fingerprint density at radius 2 is 1.62 bits per heavy atom. The average molecular weight is 208 g/mol. The van der Waals surface area contributed by atoms with E-state index in [1.807, 2.05) is 0 Å². The summed E-state index contributed by atoms with van der Waals surface area (Å²) in [5.74, 6) is 0. The molecular weight excluding hydrogens is 183 g/mol.